The summed E-state index contributed by atoms with van der Waals surface area (Å²) in [5, 5.41) is 5.29. The number of benzene rings is 1. The van der Waals surface area contributed by atoms with Gasteiger partial charge in [-0.05, 0) is 17.7 Å². The Labute approximate surface area is 60.5 Å². The highest BCUT2D eigenvalue weighted by atomic mass is 14.3. The molecule has 1 aromatic carbocycles. The molecule has 0 amide bonds. The van der Waals surface area contributed by atoms with Gasteiger partial charge in [-0.1, -0.05) is 24.8 Å². The minimum absolute atomic E-state index is 1.03. The topological polar surface area (TPSA) is 25.6 Å². The zero-order valence-corrected chi connectivity index (χ0v) is 5.75. The van der Waals surface area contributed by atoms with E-state index in [0.29, 0.717) is 0 Å². The lowest BCUT2D eigenvalue weighted by Crippen LogP contribution is -2.29. The number of nitrogens with two attached hydrogens (primary N) is 1. The second kappa shape index (κ2) is 2.97. The second-order valence-corrected chi connectivity index (χ2v) is 2.04. The molecule has 0 saturated carbocycles. The van der Waals surface area contributed by atoms with E-state index in [1.165, 1.54) is 0 Å². The van der Waals surface area contributed by atoms with E-state index in [4.69, 9.17) is 5.41 Å². The fourth-order valence-electron chi connectivity index (χ4n) is 0.743. The van der Waals surface area contributed by atoms with E-state index in [9.17, 15) is 0 Å². The van der Waals surface area contributed by atoms with E-state index in [-0.39, 0.29) is 0 Å². The summed E-state index contributed by atoms with van der Waals surface area (Å²) in [4.78, 5) is 0. The van der Waals surface area contributed by atoms with Crippen LogP contribution in [-0.2, 0) is 0 Å². The van der Waals surface area contributed by atoms with Crippen molar-refractivity contribution >= 4 is 12.3 Å². The van der Waals surface area contributed by atoms with Crippen molar-refractivity contribution in [2.75, 3.05) is 0 Å². The third-order valence-electron chi connectivity index (χ3n) is 1.36. The van der Waals surface area contributed by atoms with Crippen LogP contribution in [0.1, 0.15) is 11.1 Å². The quantitative estimate of drug-likeness (QED) is 0.567. The molecule has 0 aliphatic carbocycles. The van der Waals surface area contributed by atoms with E-state index >= 15 is 0 Å². The molecule has 0 saturated heterocycles. The summed E-state index contributed by atoms with van der Waals surface area (Å²) in [7, 11) is 0. The minimum atomic E-state index is 1.03. The molecule has 0 heterocycles. The van der Waals surface area contributed by atoms with Crippen LogP contribution < -0.4 is 5.41 Å². The highest BCUT2D eigenvalue weighted by Crippen LogP contribution is 2.01. The molecule has 0 aliphatic heterocycles. The van der Waals surface area contributed by atoms with Crippen LogP contribution in [0.4, 0.5) is 0 Å². The van der Waals surface area contributed by atoms with Crippen molar-refractivity contribution < 1.29 is 5.41 Å². The van der Waals surface area contributed by atoms with Gasteiger partial charge in [-0.3, -0.25) is 5.41 Å². The average Bonchev–Trinajstić information content (AvgIpc) is 2.05. The Morgan fingerprint density at radius 2 is 1.60 bits per heavy atom. The molecule has 1 heteroatoms. The Balaban J connectivity index is 3.00. The van der Waals surface area contributed by atoms with Crippen molar-refractivity contribution in [3.05, 3.63) is 42.0 Å². The molecule has 1 rings (SSSR count). The maximum Gasteiger partial charge on any atom is 0.167 e. The maximum atomic E-state index is 5.29. The first-order chi connectivity index (χ1) is 4.86. The zero-order chi connectivity index (χ0) is 7.40. The van der Waals surface area contributed by atoms with E-state index in [1.807, 2.05) is 24.3 Å². The molecule has 1 aromatic rings. The van der Waals surface area contributed by atoms with Crippen molar-refractivity contribution in [3.63, 3.8) is 0 Å². The third-order valence-corrected chi connectivity index (χ3v) is 1.36. The molecule has 10 heavy (non-hydrogen) atoms. The lowest BCUT2D eigenvalue weighted by molar-refractivity contribution is -0.104. The standard InChI is InChI=1S/C9H9N/c1-2-8-3-5-9(7-10)6-4-8/h2-7,10H,1H2/p+1. The van der Waals surface area contributed by atoms with E-state index in [1.54, 1.807) is 12.3 Å². The van der Waals surface area contributed by atoms with Gasteiger partial charge >= 0.3 is 0 Å². The largest absolute Gasteiger partial charge is 0.260 e. The summed E-state index contributed by atoms with van der Waals surface area (Å²) >= 11 is 0. The molecule has 2 N–H and O–H groups in total. The second-order valence-electron chi connectivity index (χ2n) is 2.04. The maximum absolute atomic E-state index is 5.29. The SMILES string of the molecule is C=Cc1ccc(C=[NH2+])cc1. The van der Waals surface area contributed by atoms with Gasteiger partial charge in [0.15, 0.2) is 6.21 Å². The molecule has 1 nitrogen and oxygen atoms in total. The van der Waals surface area contributed by atoms with Gasteiger partial charge in [-0.25, -0.2) is 0 Å². The first kappa shape index (κ1) is 6.75. The normalized spacial score (nSPS) is 8.80. The van der Waals surface area contributed by atoms with Gasteiger partial charge in [0.2, 0.25) is 0 Å². The van der Waals surface area contributed by atoms with Crippen LogP contribution in [0.5, 0.6) is 0 Å². The van der Waals surface area contributed by atoms with Crippen LogP contribution in [-0.4, -0.2) is 6.21 Å². The van der Waals surface area contributed by atoms with E-state index < -0.39 is 0 Å². The van der Waals surface area contributed by atoms with E-state index in [2.05, 4.69) is 6.58 Å². The van der Waals surface area contributed by atoms with Gasteiger partial charge < -0.3 is 0 Å². The molecule has 0 aliphatic rings. The summed E-state index contributed by atoms with van der Waals surface area (Å²) in [6, 6.07) is 7.87. The molecule has 0 atom stereocenters. The zero-order valence-electron chi connectivity index (χ0n) is 5.75. The van der Waals surface area contributed by atoms with Crippen LogP contribution in [0, 0.1) is 0 Å². The monoisotopic (exact) mass is 132 g/mol. The Morgan fingerprint density at radius 1 is 1.10 bits per heavy atom. The van der Waals surface area contributed by atoms with E-state index in [0.717, 1.165) is 11.1 Å². The highest BCUT2D eigenvalue weighted by molar-refractivity contribution is 5.75. The fraction of sp³-hybridized carbons (Fsp3) is 0. The van der Waals surface area contributed by atoms with Crippen LogP contribution >= 0.6 is 0 Å². The summed E-state index contributed by atoms with van der Waals surface area (Å²) in [5.74, 6) is 0. The van der Waals surface area contributed by atoms with Crippen molar-refractivity contribution in [3.8, 4) is 0 Å². The van der Waals surface area contributed by atoms with Gasteiger partial charge in [0.25, 0.3) is 0 Å². The van der Waals surface area contributed by atoms with Gasteiger partial charge in [0.05, 0.1) is 0 Å². The Morgan fingerprint density at radius 3 is 2.00 bits per heavy atom. The lowest BCUT2D eigenvalue weighted by Gasteiger charge is -1.90. The Bertz CT molecular complexity index is 206. The van der Waals surface area contributed by atoms with Crippen LogP contribution in [0.15, 0.2) is 30.8 Å². The fourth-order valence-corrected chi connectivity index (χ4v) is 0.743. The summed E-state index contributed by atoms with van der Waals surface area (Å²) in [5.41, 5.74) is 2.15. The molecule has 0 fully saturated rings. The predicted molar refractivity (Wildman–Crippen MR) is 43.6 cm³/mol. The van der Waals surface area contributed by atoms with Crippen LogP contribution in [0.2, 0.25) is 0 Å². The Kier molecular flexibility index (Phi) is 2.00. The average molecular weight is 132 g/mol. The molecule has 0 bridgehead atoms. The van der Waals surface area contributed by atoms with Crippen molar-refractivity contribution in [1.82, 2.24) is 0 Å². The van der Waals surface area contributed by atoms with Crippen LogP contribution in [0.3, 0.4) is 0 Å². The van der Waals surface area contributed by atoms with Crippen LogP contribution in [0.25, 0.3) is 6.08 Å². The van der Waals surface area contributed by atoms with Gasteiger partial charge in [0.1, 0.15) is 0 Å². The first-order valence-corrected chi connectivity index (χ1v) is 3.14. The molecule has 0 radical (unpaired) electrons. The van der Waals surface area contributed by atoms with Crippen molar-refractivity contribution in [2.45, 2.75) is 0 Å². The summed E-state index contributed by atoms with van der Waals surface area (Å²) in [6.45, 7) is 3.64. The number of rotatable bonds is 2. The summed E-state index contributed by atoms with van der Waals surface area (Å²) in [6.07, 6.45) is 3.38. The highest BCUT2D eigenvalue weighted by Gasteiger charge is 1.87. The van der Waals surface area contributed by atoms with Crippen molar-refractivity contribution in [2.24, 2.45) is 0 Å². The molecular formula is C9H10N+. The lowest BCUT2D eigenvalue weighted by atomic mass is 10.1. The van der Waals surface area contributed by atoms with Gasteiger partial charge in [-0.2, -0.15) is 0 Å². The molecule has 0 aromatic heterocycles. The smallest absolute Gasteiger partial charge is 0.167 e. The molecule has 0 unspecified atom stereocenters. The molecule has 50 valence electrons. The van der Waals surface area contributed by atoms with Gasteiger partial charge in [0, 0.05) is 5.56 Å². The van der Waals surface area contributed by atoms with Crippen molar-refractivity contribution in [1.29, 1.82) is 0 Å². The third kappa shape index (κ3) is 1.32. The molecule has 0 spiro atoms. The molecular weight excluding hydrogens is 122 g/mol. The Hall–Kier alpha value is -1.37. The minimum Gasteiger partial charge on any atom is -0.260 e. The van der Waals surface area contributed by atoms with Gasteiger partial charge in [-0.15, -0.1) is 0 Å². The predicted octanol–water partition coefficient (Wildman–Crippen LogP) is 0.508. The number of hydrogen-bond donors (Lipinski definition) is 1. The number of hydrogen-bond acceptors (Lipinski definition) is 0. The first-order valence-electron chi connectivity index (χ1n) is 3.14. The summed E-state index contributed by atoms with van der Waals surface area (Å²) < 4.78 is 0.